The SMILES string of the molecule is O=P(c1ccccc1)(c1ccccc1)c1cccc(-c2cccc3oc4ccc(-c5ccc6ccc7cccnc7c6n5)cc4c23)c1. The Hall–Kier alpha value is -5.83. The number of aromatic nitrogens is 2. The number of nitrogens with zero attached hydrogens (tertiary/aromatic N) is 2. The van der Waals surface area contributed by atoms with Crippen molar-refractivity contribution >= 4 is 66.8 Å². The molecule has 0 saturated carbocycles. The Morgan fingerprint density at radius 2 is 1.21 bits per heavy atom. The second-order valence-corrected chi connectivity index (χ2v) is 14.5. The fourth-order valence-electron chi connectivity index (χ4n) is 6.70. The molecule has 0 atom stereocenters. The second kappa shape index (κ2) is 10.9. The number of furan rings is 1. The molecule has 0 bridgehead atoms. The molecule has 3 heterocycles. The van der Waals surface area contributed by atoms with Crippen LogP contribution in [0.4, 0.5) is 0 Å². The fourth-order valence-corrected chi connectivity index (χ4v) is 9.40. The summed E-state index contributed by atoms with van der Waals surface area (Å²) in [5.74, 6) is 0. The molecule has 0 fully saturated rings. The molecule has 0 saturated heterocycles. The molecule has 9 rings (SSSR count). The normalized spacial score (nSPS) is 11.9. The minimum absolute atomic E-state index is 0.791. The van der Waals surface area contributed by atoms with E-state index in [0.717, 1.165) is 82.0 Å². The van der Waals surface area contributed by atoms with Crippen LogP contribution in [0.1, 0.15) is 0 Å². The van der Waals surface area contributed by atoms with E-state index in [1.165, 1.54) is 0 Å². The Morgan fingerprint density at radius 1 is 0.511 bits per heavy atom. The van der Waals surface area contributed by atoms with E-state index < -0.39 is 7.14 Å². The molecule has 0 unspecified atom stereocenters. The third-order valence-electron chi connectivity index (χ3n) is 8.98. The third-order valence-corrected chi connectivity index (χ3v) is 12.0. The Balaban J connectivity index is 1.22. The third kappa shape index (κ3) is 4.49. The lowest BCUT2D eigenvalue weighted by Gasteiger charge is -2.20. The molecule has 0 aliphatic rings. The Labute approximate surface area is 271 Å². The Morgan fingerprint density at radius 3 is 2.00 bits per heavy atom. The molecule has 0 radical (unpaired) electrons. The average Bonchev–Trinajstić information content (AvgIpc) is 3.53. The summed E-state index contributed by atoms with van der Waals surface area (Å²) >= 11 is 0. The first-order valence-corrected chi connectivity index (χ1v) is 17.3. The largest absolute Gasteiger partial charge is 0.456 e. The van der Waals surface area contributed by atoms with Gasteiger partial charge in [-0.05, 0) is 53.6 Å². The van der Waals surface area contributed by atoms with E-state index in [4.69, 9.17) is 9.40 Å². The van der Waals surface area contributed by atoms with Crippen LogP contribution in [0.3, 0.4) is 0 Å². The van der Waals surface area contributed by atoms with Crippen molar-refractivity contribution in [1.29, 1.82) is 0 Å². The molecule has 3 aromatic heterocycles. The summed E-state index contributed by atoms with van der Waals surface area (Å²) in [4.78, 5) is 9.73. The van der Waals surface area contributed by atoms with Gasteiger partial charge in [-0.1, -0.05) is 115 Å². The van der Waals surface area contributed by atoms with Crippen LogP contribution in [0.15, 0.2) is 168 Å². The zero-order valence-corrected chi connectivity index (χ0v) is 26.1. The minimum atomic E-state index is -3.14. The zero-order chi connectivity index (χ0) is 31.4. The average molecular weight is 623 g/mol. The van der Waals surface area contributed by atoms with Crippen molar-refractivity contribution in [1.82, 2.24) is 9.97 Å². The van der Waals surface area contributed by atoms with Crippen molar-refractivity contribution in [3.63, 3.8) is 0 Å². The topological polar surface area (TPSA) is 56.0 Å². The Bertz CT molecular complexity index is 2620. The summed E-state index contributed by atoms with van der Waals surface area (Å²) in [6.07, 6.45) is 1.81. The molecule has 4 nitrogen and oxygen atoms in total. The first kappa shape index (κ1) is 27.5. The first-order valence-electron chi connectivity index (χ1n) is 15.6. The standard InChI is InChI=1S/C42H27N2O2P/c45-47(32-12-3-1-4-13-32,33-14-5-2-6-15-33)34-16-7-10-30(26-34)35-17-8-18-39-40(35)36-27-31(22-24-38(36)46-39)37-23-21-29-20-19-28-11-9-25-43-41(28)42(29)44-37/h1-27H. The van der Waals surface area contributed by atoms with Gasteiger partial charge in [0.15, 0.2) is 7.14 Å². The predicted molar refractivity (Wildman–Crippen MR) is 195 cm³/mol. The van der Waals surface area contributed by atoms with E-state index in [-0.39, 0.29) is 0 Å². The summed E-state index contributed by atoms with van der Waals surface area (Å²) in [6.45, 7) is 0. The highest BCUT2D eigenvalue weighted by molar-refractivity contribution is 7.85. The quantitative estimate of drug-likeness (QED) is 0.142. The molecule has 0 N–H and O–H groups in total. The number of benzene rings is 6. The number of pyridine rings is 2. The molecule has 6 aromatic carbocycles. The van der Waals surface area contributed by atoms with E-state index in [9.17, 15) is 0 Å². The first-order chi connectivity index (χ1) is 23.2. The molecule has 47 heavy (non-hydrogen) atoms. The van der Waals surface area contributed by atoms with Crippen LogP contribution >= 0.6 is 7.14 Å². The highest BCUT2D eigenvalue weighted by Gasteiger charge is 2.30. The van der Waals surface area contributed by atoms with E-state index in [1.54, 1.807) is 0 Å². The van der Waals surface area contributed by atoms with Gasteiger partial charge in [0.1, 0.15) is 11.2 Å². The highest BCUT2D eigenvalue weighted by atomic mass is 31.2. The van der Waals surface area contributed by atoms with Crippen LogP contribution in [0, 0.1) is 0 Å². The van der Waals surface area contributed by atoms with E-state index >= 15 is 4.57 Å². The molecule has 0 aliphatic heterocycles. The number of rotatable bonds is 5. The maximum absolute atomic E-state index is 15.2. The van der Waals surface area contributed by atoms with Crippen LogP contribution < -0.4 is 15.9 Å². The summed E-state index contributed by atoms with van der Waals surface area (Å²) in [7, 11) is -3.14. The van der Waals surface area contributed by atoms with E-state index in [0.29, 0.717) is 0 Å². The van der Waals surface area contributed by atoms with E-state index in [2.05, 4.69) is 65.6 Å². The summed E-state index contributed by atoms with van der Waals surface area (Å²) in [5.41, 5.74) is 7.26. The van der Waals surface area contributed by atoms with Crippen LogP contribution in [0.5, 0.6) is 0 Å². The van der Waals surface area contributed by atoms with Crippen LogP contribution in [0.2, 0.25) is 0 Å². The monoisotopic (exact) mass is 622 g/mol. The summed E-state index contributed by atoms with van der Waals surface area (Å²) in [6, 6.07) is 52.5. The van der Waals surface area contributed by atoms with Crippen molar-refractivity contribution in [3.8, 4) is 22.4 Å². The molecule has 0 aliphatic carbocycles. The second-order valence-electron chi connectivity index (χ2n) is 11.7. The van der Waals surface area contributed by atoms with Crippen LogP contribution in [-0.4, -0.2) is 9.97 Å². The van der Waals surface area contributed by atoms with Gasteiger partial charge in [-0.2, -0.15) is 0 Å². The lowest BCUT2D eigenvalue weighted by atomic mass is 9.98. The van der Waals surface area contributed by atoms with Gasteiger partial charge in [0, 0.05) is 49.2 Å². The molecule has 9 aromatic rings. The van der Waals surface area contributed by atoms with Gasteiger partial charge in [-0.25, -0.2) is 4.98 Å². The van der Waals surface area contributed by atoms with Gasteiger partial charge in [0.25, 0.3) is 0 Å². The lowest BCUT2D eigenvalue weighted by Crippen LogP contribution is -2.25. The van der Waals surface area contributed by atoms with Gasteiger partial charge in [-0.15, -0.1) is 0 Å². The number of hydrogen-bond donors (Lipinski definition) is 0. The van der Waals surface area contributed by atoms with Crippen molar-refractivity contribution in [3.05, 3.63) is 164 Å². The van der Waals surface area contributed by atoms with Gasteiger partial charge in [0.2, 0.25) is 0 Å². The minimum Gasteiger partial charge on any atom is -0.456 e. The van der Waals surface area contributed by atoms with E-state index in [1.807, 2.05) is 103 Å². The molecular formula is C42H27N2O2P. The maximum Gasteiger partial charge on any atom is 0.171 e. The number of fused-ring (bicyclic) bond motifs is 6. The van der Waals surface area contributed by atoms with Gasteiger partial charge >= 0.3 is 0 Å². The molecule has 222 valence electrons. The molecule has 0 amide bonds. The zero-order valence-electron chi connectivity index (χ0n) is 25.2. The fraction of sp³-hybridized carbons (Fsp3) is 0. The molecule has 0 spiro atoms. The van der Waals surface area contributed by atoms with Crippen molar-refractivity contribution in [2.24, 2.45) is 0 Å². The lowest BCUT2D eigenvalue weighted by molar-refractivity contribution is 0.592. The van der Waals surface area contributed by atoms with Crippen LogP contribution in [0.25, 0.3) is 66.1 Å². The molecule has 5 heteroatoms. The maximum atomic E-state index is 15.2. The smallest absolute Gasteiger partial charge is 0.171 e. The predicted octanol–water partition coefficient (Wildman–Crippen LogP) is 9.66. The molecular weight excluding hydrogens is 595 g/mol. The summed E-state index contributed by atoms with van der Waals surface area (Å²) < 4.78 is 21.6. The van der Waals surface area contributed by atoms with Crippen LogP contribution in [-0.2, 0) is 4.57 Å². The van der Waals surface area contributed by atoms with Crippen molar-refractivity contribution in [2.45, 2.75) is 0 Å². The summed E-state index contributed by atoms with van der Waals surface area (Å²) in [5, 5.41) is 6.56. The Kier molecular flexibility index (Phi) is 6.38. The van der Waals surface area contributed by atoms with Crippen molar-refractivity contribution < 1.29 is 8.98 Å². The van der Waals surface area contributed by atoms with Gasteiger partial charge in [0.05, 0.1) is 16.7 Å². The number of hydrogen-bond acceptors (Lipinski definition) is 4. The van der Waals surface area contributed by atoms with Gasteiger partial charge < -0.3 is 8.98 Å². The van der Waals surface area contributed by atoms with Crippen molar-refractivity contribution in [2.75, 3.05) is 0 Å². The highest BCUT2D eigenvalue weighted by Crippen LogP contribution is 2.44. The van der Waals surface area contributed by atoms with Gasteiger partial charge in [-0.3, -0.25) is 4.98 Å².